The third-order valence-corrected chi connectivity index (χ3v) is 3.77. The second kappa shape index (κ2) is 7.25. The molecule has 25 heavy (non-hydrogen) atoms. The molecule has 2 aromatic heterocycles. The minimum Gasteiger partial charge on any atom is -0.466 e. The van der Waals surface area contributed by atoms with Crippen LogP contribution in [-0.2, 0) is 16.0 Å². The number of hydrogen-bond donors (Lipinski definition) is 0. The summed E-state index contributed by atoms with van der Waals surface area (Å²) in [5.41, 5.74) is 4.19. The lowest BCUT2D eigenvalue weighted by Crippen LogP contribution is -2.07. The molecule has 6 heteroatoms. The predicted molar refractivity (Wildman–Crippen MR) is 95.6 cm³/mol. The molecule has 6 nitrogen and oxygen atoms in total. The van der Waals surface area contributed by atoms with Crippen molar-refractivity contribution in [2.24, 2.45) is 10.2 Å². The van der Waals surface area contributed by atoms with Gasteiger partial charge in [-0.1, -0.05) is 18.2 Å². The lowest BCUT2D eigenvalue weighted by molar-refractivity contribution is -0.142. The van der Waals surface area contributed by atoms with E-state index in [0.717, 1.165) is 22.5 Å². The maximum Gasteiger partial charge on any atom is 0.312 e. The number of carbonyl (C=O) groups excluding carboxylic acids is 1. The molecule has 0 fully saturated rings. The zero-order valence-electron chi connectivity index (χ0n) is 14.6. The molecule has 0 spiro atoms. The van der Waals surface area contributed by atoms with Crippen LogP contribution in [0.5, 0.6) is 0 Å². The average molecular weight is 336 g/mol. The van der Waals surface area contributed by atoms with Gasteiger partial charge in [0.25, 0.3) is 0 Å². The van der Waals surface area contributed by atoms with E-state index in [0.29, 0.717) is 18.1 Å². The van der Waals surface area contributed by atoms with Crippen LogP contribution in [0, 0.1) is 13.8 Å². The van der Waals surface area contributed by atoms with Crippen LogP contribution < -0.4 is 0 Å². The lowest BCUT2D eigenvalue weighted by atomic mass is 10.2. The molecule has 0 bridgehead atoms. The molecule has 0 unspecified atom stereocenters. The molecule has 0 aliphatic carbocycles. The van der Waals surface area contributed by atoms with Crippen molar-refractivity contribution in [1.29, 1.82) is 0 Å². The molecule has 1 aromatic carbocycles. The van der Waals surface area contributed by atoms with Gasteiger partial charge in [-0.25, -0.2) is 4.98 Å². The normalized spacial score (nSPS) is 11.3. The molecule has 0 saturated heterocycles. The van der Waals surface area contributed by atoms with E-state index in [2.05, 4.69) is 15.2 Å². The van der Waals surface area contributed by atoms with Crippen molar-refractivity contribution >= 4 is 23.1 Å². The van der Waals surface area contributed by atoms with Crippen molar-refractivity contribution in [3.05, 3.63) is 59.4 Å². The van der Waals surface area contributed by atoms with Crippen LogP contribution in [0.4, 0.5) is 11.5 Å². The van der Waals surface area contributed by atoms with Crippen LogP contribution in [-0.4, -0.2) is 22.0 Å². The Morgan fingerprint density at radius 2 is 2.04 bits per heavy atom. The van der Waals surface area contributed by atoms with Gasteiger partial charge in [0.2, 0.25) is 0 Å². The van der Waals surface area contributed by atoms with Crippen molar-refractivity contribution < 1.29 is 9.53 Å². The van der Waals surface area contributed by atoms with E-state index < -0.39 is 0 Å². The van der Waals surface area contributed by atoms with Crippen molar-refractivity contribution in [3.63, 3.8) is 0 Å². The van der Waals surface area contributed by atoms with Gasteiger partial charge in [0.15, 0.2) is 5.82 Å². The van der Waals surface area contributed by atoms with Gasteiger partial charge < -0.3 is 4.74 Å². The average Bonchev–Trinajstić information content (AvgIpc) is 2.92. The Bertz CT molecular complexity index is 944. The molecule has 0 aliphatic rings. The highest BCUT2D eigenvalue weighted by Crippen LogP contribution is 2.26. The smallest absolute Gasteiger partial charge is 0.312 e. The molecule has 0 amide bonds. The molecule has 2 heterocycles. The number of aromatic nitrogens is 2. The summed E-state index contributed by atoms with van der Waals surface area (Å²) in [5.74, 6) is 0.226. The summed E-state index contributed by atoms with van der Waals surface area (Å²) in [5, 5.41) is 8.69. The van der Waals surface area contributed by atoms with E-state index in [1.807, 2.05) is 60.8 Å². The zero-order valence-corrected chi connectivity index (χ0v) is 14.6. The summed E-state index contributed by atoms with van der Waals surface area (Å²) in [6.45, 7) is 6.09. The van der Waals surface area contributed by atoms with Gasteiger partial charge >= 0.3 is 5.97 Å². The highest BCUT2D eigenvalue weighted by atomic mass is 16.5. The fourth-order valence-electron chi connectivity index (χ4n) is 2.61. The maximum absolute atomic E-state index is 11.9. The molecule has 0 saturated carbocycles. The lowest BCUT2D eigenvalue weighted by Gasteiger charge is -2.01. The van der Waals surface area contributed by atoms with Crippen LogP contribution in [0.15, 0.2) is 52.8 Å². The fourth-order valence-corrected chi connectivity index (χ4v) is 2.61. The molecule has 3 rings (SSSR count). The SMILES string of the molecule is CCOC(=O)Cc1nc2c(C)cccn2c1N=Nc1cccc(C)c1. The Labute approximate surface area is 146 Å². The number of aryl methyl sites for hydroxylation is 2. The van der Waals surface area contributed by atoms with Gasteiger partial charge in [-0.2, -0.15) is 0 Å². The zero-order chi connectivity index (χ0) is 17.8. The van der Waals surface area contributed by atoms with Crippen LogP contribution >= 0.6 is 0 Å². The second-order valence-electron chi connectivity index (χ2n) is 5.79. The van der Waals surface area contributed by atoms with Gasteiger partial charge in [-0.05, 0) is 50.1 Å². The topological polar surface area (TPSA) is 68.3 Å². The minimum atomic E-state index is -0.324. The first kappa shape index (κ1) is 16.8. The maximum atomic E-state index is 11.9. The van der Waals surface area contributed by atoms with Crippen LogP contribution in [0.3, 0.4) is 0 Å². The predicted octanol–water partition coefficient (Wildman–Crippen LogP) is 4.47. The molecule has 0 aliphatic heterocycles. The highest BCUT2D eigenvalue weighted by molar-refractivity contribution is 5.74. The van der Waals surface area contributed by atoms with E-state index in [1.54, 1.807) is 6.92 Å². The van der Waals surface area contributed by atoms with Crippen molar-refractivity contribution in [1.82, 2.24) is 9.38 Å². The number of pyridine rings is 1. The number of rotatable bonds is 5. The Morgan fingerprint density at radius 3 is 2.80 bits per heavy atom. The molecule has 0 atom stereocenters. The number of imidazole rings is 1. The van der Waals surface area contributed by atoms with E-state index in [1.165, 1.54) is 0 Å². The van der Waals surface area contributed by atoms with Crippen molar-refractivity contribution in [3.8, 4) is 0 Å². The summed E-state index contributed by atoms with van der Waals surface area (Å²) in [7, 11) is 0. The monoisotopic (exact) mass is 336 g/mol. The number of fused-ring (bicyclic) bond motifs is 1. The molecular formula is C19H20N4O2. The van der Waals surface area contributed by atoms with Gasteiger partial charge in [0, 0.05) is 6.20 Å². The number of carbonyl (C=O) groups is 1. The summed E-state index contributed by atoms with van der Waals surface area (Å²) in [4.78, 5) is 16.5. The third kappa shape index (κ3) is 3.74. The number of hydrogen-bond acceptors (Lipinski definition) is 5. The Balaban J connectivity index is 2.04. The summed E-state index contributed by atoms with van der Waals surface area (Å²) in [6.07, 6.45) is 1.94. The number of ether oxygens (including phenoxy) is 1. The second-order valence-corrected chi connectivity index (χ2v) is 5.79. The van der Waals surface area contributed by atoms with Gasteiger partial charge in [-0.3, -0.25) is 9.20 Å². The van der Waals surface area contributed by atoms with E-state index in [9.17, 15) is 4.79 Å². The summed E-state index contributed by atoms with van der Waals surface area (Å²) >= 11 is 0. The Morgan fingerprint density at radius 1 is 1.20 bits per heavy atom. The van der Waals surface area contributed by atoms with Crippen molar-refractivity contribution in [2.45, 2.75) is 27.2 Å². The molecule has 0 radical (unpaired) electrons. The molecular weight excluding hydrogens is 316 g/mol. The van der Waals surface area contributed by atoms with Gasteiger partial charge in [-0.15, -0.1) is 10.2 Å². The summed E-state index contributed by atoms with van der Waals surface area (Å²) in [6, 6.07) is 11.7. The Kier molecular flexibility index (Phi) is 4.88. The first-order valence-corrected chi connectivity index (χ1v) is 8.19. The number of benzene rings is 1. The summed E-state index contributed by atoms with van der Waals surface area (Å²) < 4.78 is 6.90. The fraction of sp³-hybridized carbons (Fsp3) is 0.263. The number of nitrogens with zero attached hydrogens (tertiary/aromatic N) is 4. The van der Waals surface area contributed by atoms with Gasteiger partial charge in [0.1, 0.15) is 5.65 Å². The highest BCUT2D eigenvalue weighted by Gasteiger charge is 2.17. The van der Waals surface area contributed by atoms with Gasteiger partial charge in [0.05, 0.1) is 24.4 Å². The van der Waals surface area contributed by atoms with E-state index in [-0.39, 0.29) is 12.4 Å². The van der Waals surface area contributed by atoms with Crippen molar-refractivity contribution in [2.75, 3.05) is 6.61 Å². The Hall–Kier alpha value is -3.02. The van der Waals surface area contributed by atoms with E-state index in [4.69, 9.17) is 4.74 Å². The molecule has 128 valence electrons. The van der Waals surface area contributed by atoms with Crippen LogP contribution in [0.25, 0.3) is 5.65 Å². The molecule has 3 aromatic rings. The third-order valence-electron chi connectivity index (χ3n) is 3.77. The van der Waals surface area contributed by atoms with Crippen LogP contribution in [0.1, 0.15) is 23.7 Å². The van der Waals surface area contributed by atoms with Crippen LogP contribution in [0.2, 0.25) is 0 Å². The quantitative estimate of drug-likeness (QED) is 0.510. The van der Waals surface area contributed by atoms with E-state index >= 15 is 0 Å². The largest absolute Gasteiger partial charge is 0.466 e. The first-order chi connectivity index (χ1) is 12.1. The standard InChI is InChI=1S/C19H20N4O2/c1-4-25-17(24)12-16-19(22-21-15-9-5-7-13(2)11-15)23-10-6-8-14(3)18(23)20-16/h5-11H,4,12H2,1-3H3. The minimum absolute atomic E-state index is 0.0666. The molecule has 0 N–H and O–H groups in total. The number of azo groups is 1. The number of esters is 1. The first-order valence-electron chi connectivity index (χ1n) is 8.19.